The van der Waals surface area contributed by atoms with Gasteiger partial charge in [-0.3, -0.25) is 4.79 Å². The van der Waals surface area contributed by atoms with Gasteiger partial charge in [0.1, 0.15) is 0 Å². The lowest BCUT2D eigenvalue weighted by molar-refractivity contribution is -0.139. The largest absolute Gasteiger partial charge is 0.469 e. The summed E-state index contributed by atoms with van der Waals surface area (Å²) in [5, 5.41) is 3.50. The number of nitrogens with zero attached hydrogens (tertiary/aromatic N) is 1. The van der Waals surface area contributed by atoms with Gasteiger partial charge < -0.3 is 15.0 Å². The van der Waals surface area contributed by atoms with Crippen LogP contribution >= 0.6 is 11.3 Å². The number of likely N-dealkylation sites (N-methyl/N-ethyl adjacent to an activating group) is 1. The second-order valence-electron chi connectivity index (χ2n) is 5.53. The van der Waals surface area contributed by atoms with Crippen LogP contribution in [-0.2, 0) is 22.5 Å². The van der Waals surface area contributed by atoms with E-state index in [1.54, 1.807) is 11.3 Å². The average molecular weight is 298 g/mol. The van der Waals surface area contributed by atoms with E-state index in [0.29, 0.717) is 18.4 Å². The first-order valence-corrected chi connectivity index (χ1v) is 7.77. The number of hydrogen-bond donors (Lipinski definition) is 1. The molecule has 1 heterocycles. The predicted octanol–water partition coefficient (Wildman–Crippen LogP) is 2.14. The van der Waals surface area contributed by atoms with Gasteiger partial charge in [-0.25, -0.2) is 0 Å². The Morgan fingerprint density at radius 2 is 2.00 bits per heavy atom. The molecule has 0 saturated heterocycles. The fourth-order valence-electron chi connectivity index (χ4n) is 2.18. The van der Waals surface area contributed by atoms with E-state index in [-0.39, 0.29) is 5.97 Å². The van der Waals surface area contributed by atoms with Gasteiger partial charge in [0, 0.05) is 28.9 Å². The molecule has 0 aromatic carbocycles. The number of ether oxygens (including phenoxy) is 1. The quantitative estimate of drug-likeness (QED) is 0.747. The summed E-state index contributed by atoms with van der Waals surface area (Å²) in [6.45, 7) is 6.30. The summed E-state index contributed by atoms with van der Waals surface area (Å²) in [7, 11) is 5.66. The topological polar surface area (TPSA) is 41.6 Å². The van der Waals surface area contributed by atoms with E-state index in [1.165, 1.54) is 12.0 Å². The zero-order valence-electron chi connectivity index (χ0n) is 13.1. The van der Waals surface area contributed by atoms with Crippen molar-refractivity contribution < 1.29 is 9.53 Å². The van der Waals surface area contributed by atoms with E-state index < -0.39 is 0 Å². The number of carbonyl (C=O) groups excluding carboxylic acids is 1. The van der Waals surface area contributed by atoms with E-state index in [4.69, 9.17) is 0 Å². The molecule has 0 radical (unpaired) electrons. The number of rotatable bonds is 8. The molecule has 1 rings (SSSR count). The van der Waals surface area contributed by atoms with Crippen molar-refractivity contribution in [3.63, 3.8) is 0 Å². The van der Waals surface area contributed by atoms with Gasteiger partial charge in [0.2, 0.25) is 0 Å². The monoisotopic (exact) mass is 298 g/mol. The average Bonchev–Trinajstić information content (AvgIpc) is 2.81. The molecule has 1 atom stereocenters. The Morgan fingerprint density at radius 1 is 1.35 bits per heavy atom. The number of esters is 1. The van der Waals surface area contributed by atoms with Crippen LogP contribution in [0, 0.1) is 5.92 Å². The number of carbonyl (C=O) groups is 1. The summed E-state index contributed by atoms with van der Waals surface area (Å²) in [4.78, 5) is 15.8. The summed E-state index contributed by atoms with van der Waals surface area (Å²) >= 11 is 1.67. The van der Waals surface area contributed by atoms with Crippen molar-refractivity contribution in [1.29, 1.82) is 0 Å². The van der Waals surface area contributed by atoms with Crippen LogP contribution in [0.4, 0.5) is 0 Å². The van der Waals surface area contributed by atoms with Crippen molar-refractivity contribution >= 4 is 17.3 Å². The molecule has 0 amide bonds. The summed E-state index contributed by atoms with van der Waals surface area (Å²) < 4.78 is 4.68. The molecular weight excluding hydrogens is 272 g/mol. The maximum absolute atomic E-state index is 11.2. The van der Waals surface area contributed by atoms with Crippen LogP contribution in [0.3, 0.4) is 0 Å². The minimum atomic E-state index is -0.182. The molecule has 5 heteroatoms. The number of thiophene rings is 1. The molecule has 1 aromatic rings. The van der Waals surface area contributed by atoms with Crippen molar-refractivity contribution in [3.05, 3.63) is 21.9 Å². The Kier molecular flexibility index (Phi) is 7.19. The zero-order valence-corrected chi connectivity index (χ0v) is 13.9. The lowest BCUT2D eigenvalue weighted by atomic mass is 10.0. The highest BCUT2D eigenvalue weighted by atomic mass is 32.1. The molecular formula is C15H26N2O2S. The molecule has 1 aromatic heterocycles. The minimum absolute atomic E-state index is 0.182. The molecule has 20 heavy (non-hydrogen) atoms. The third-order valence-electron chi connectivity index (χ3n) is 3.35. The lowest BCUT2D eigenvalue weighted by Crippen LogP contribution is -2.41. The van der Waals surface area contributed by atoms with Gasteiger partial charge in [-0.05, 0) is 32.1 Å². The summed E-state index contributed by atoms with van der Waals surface area (Å²) in [5.41, 5.74) is 0. The number of methoxy groups -OCH3 is 1. The third kappa shape index (κ3) is 5.61. The van der Waals surface area contributed by atoms with Crippen molar-refractivity contribution in [3.8, 4) is 0 Å². The van der Waals surface area contributed by atoms with Crippen LogP contribution in [0.5, 0.6) is 0 Å². The zero-order chi connectivity index (χ0) is 15.1. The Labute approximate surface area is 126 Å². The van der Waals surface area contributed by atoms with E-state index in [2.05, 4.69) is 49.0 Å². The van der Waals surface area contributed by atoms with Crippen LogP contribution in [0.2, 0.25) is 0 Å². The second kappa shape index (κ2) is 8.39. The molecule has 114 valence electrons. The highest BCUT2D eigenvalue weighted by Crippen LogP contribution is 2.17. The van der Waals surface area contributed by atoms with Gasteiger partial charge in [0.15, 0.2) is 0 Å². The van der Waals surface area contributed by atoms with Crippen LogP contribution in [-0.4, -0.2) is 44.7 Å². The summed E-state index contributed by atoms with van der Waals surface area (Å²) in [6.07, 6.45) is 0.369. The maximum atomic E-state index is 11.2. The van der Waals surface area contributed by atoms with Crippen molar-refractivity contribution in [2.75, 3.05) is 27.7 Å². The van der Waals surface area contributed by atoms with E-state index in [9.17, 15) is 4.79 Å². The molecule has 0 aliphatic carbocycles. The first-order chi connectivity index (χ1) is 9.43. The fourth-order valence-corrected chi connectivity index (χ4v) is 3.16. The van der Waals surface area contributed by atoms with Crippen LogP contribution in [0.1, 0.15) is 23.6 Å². The minimum Gasteiger partial charge on any atom is -0.469 e. The summed E-state index contributed by atoms with van der Waals surface area (Å²) in [6, 6.07) is 4.62. The first kappa shape index (κ1) is 17.1. The van der Waals surface area contributed by atoms with Gasteiger partial charge in [-0.2, -0.15) is 0 Å². The summed E-state index contributed by atoms with van der Waals surface area (Å²) in [5.74, 6) is 0.439. The Morgan fingerprint density at radius 3 is 2.55 bits per heavy atom. The standard InChI is InChI=1S/C15H26N2O2S/c1-11(2)14(17(3)4)10-16-9-13-7-6-12(20-13)8-15(18)19-5/h6-7,11,14,16H,8-10H2,1-5H3. The van der Waals surface area contributed by atoms with Crippen LogP contribution in [0.25, 0.3) is 0 Å². The van der Waals surface area contributed by atoms with Crippen molar-refractivity contribution in [2.24, 2.45) is 5.92 Å². The Bertz CT molecular complexity index is 408. The normalized spacial score (nSPS) is 12.9. The van der Waals surface area contributed by atoms with Gasteiger partial charge in [-0.15, -0.1) is 11.3 Å². The van der Waals surface area contributed by atoms with E-state index in [0.717, 1.165) is 18.0 Å². The Balaban J connectivity index is 2.40. The molecule has 1 unspecified atom stereocenters. The molecule has 0 aliphatic heterocycles. The fraction of sp³-hybridized carbons (Fsp3) is 0.667. The molecule has 1 N–H and O–H groups in total. The molecule has 0 aliphatic rings. The smallest absolute Gasteiger partial charge is 0.310 e. The van der Waals surface area contributed by atoms with Crippen LogP contribution in [0.15, 0.2) is 12.1 Å². The van der Waals surface area contributed by atoms with Gasteiger partial charge in [-0.1, -0.05) is 13.8 Å². The SMILES string of the molecule is COC(=O)Cc1ccc(CNCC(C(C)C)N(C)C)s1. The lowest BCUT2D eigenvalue weighted by Gasteiger charge is -2.28. The molecule has 0 bridgehead atoms. The highest BCUT2D eigenvalue weighted by molar-refractivity contribution is 7.12. The first-order valence-electron chi connectivity index (χ1n) is 6.95. The van der Waals surface area contributed by atoms with E-state index in [1.807, 2.05) is 6.07 Å². The second-order valence-corrected chi connectivity index (χ2v) is 6.78. The predicted molar refractivity (Wildman–Crippen MR) is 84.1 cm³/mol. The third-order valence-corrected chi connectivity index (χ3v) is 4.43. The van der Waals surface area contributed by atoms with E-state index >= 15 is 0 Å². The van der Waals surface area contributed by atoms with Crippen molar-refractivity contribution in [1.82, 2.24) is 10.2 Å². The highest BCUT2D eigenvalue weighted by Gasteiger charge is 2.15. The van der Waals surface area contributed by atoms with Crippen molar-refractivity contribution in [2.45, 2.75) is 32.9 Å². The molecule has 4 nitrogen and oxygen atoms in total. The van der Waals surface area contributed by atoms with Gasteiger partial charge >= 0.3 is 5.97 Å². The number of nitrogens with one attached hydrogen (secondary N) is 1. The van der Waals surface area contributed by atoms with Gasteiger partial charge in [0.25, 0.3) is 0 Å². The number of hydrogen-bond acceptors (Lipinski definition) is 5. The molecule has 0 saturated carbocycles. The molecule has 0 fully saturated rings. The Hall–Kier alpha value is -0.910. The molecule has 0 spiro atoms. The van der Waals surface area contributed by atoms with Gasteiger partial charge in [0.05, 0.1) is 13.5 Å². The van der Waals surface area contributed by atoms with Crippen LogP contribution < -0.4 is 5.32 Å². The maximum Gasteiger partial charge on any atom is 0.310 e.